The number of hydrogen-bond acceptors (Lipinski definition) is 4. The van der Waals surface area contributed by atoms with Gasteiger partial charge in [-0.25, -0.2) is 4.79 Å². The second kappa shape index (κ2) is 4.64. The number of carbonyl (C=O) groups excluding carboxylic acids is 1. The standard InChI is InChI=1S/C8H12N2O3.H3N/c1-5-3-4-7(13-5)6(2)10(12)8(9)11;/h3-4,6,12H,1-2H3,(H2,9,11);1H3. The number of hydrogen-bond donors (Lipinski definition) is 3. The first-order valence-electron chi connectivity index (χ1n) is 3.86. The maximum Gasteiger partial charge on any atom is 0.339 e. The number of aryl methyl sites for hydroxylation is 1. The van der Waals surface area contributed by atoms with Crippen molar-refractivity contribution in [2.75, 3.05) is 0 Å². The van der Waals surface area contributed by atoms with Crippen molar-refractivity contribution in [2.45, 2.75) is 19.9 Å². The van der Waals surface area contributed by atoms with Crippen LogP contribution in [0.3, 0.4) is 0 Å². The van der Waals surface area contributed by atoms with Crippen LogP contribution < -0.4 is 11.9 Å². The Balaban J connectivity index is 0.00000169. The molecular formula is C8H15N3O3. The molecule has 0 aliphatic heterocycles. The van der Waals surface area contributed by atoms with E-state index in [-0.39, 0.29) is 6.15 Å². The first-order valence-corrected chi connectivity index (χ1v) is 3.86. The van der Waals surface area contributed by atoms with Crippen LogP contribution in [0.2, 0.25) is 0 Å². The fourth-order valence-corrected chi connectivity index (χ4v) is 0.989. The van der Waals surface area contributed by atoms with E-state index in [0.29, 0.717) is 10.8 Å². The lowest BCUT2D eigenvalue weighted by atomic mass is 10.2. The topological polar surface area (TPSA) is 115 Å². The molecule has 6 N–H and O–H groups in total. The smallest absolute Gasteiger partial charge is 0.339 e. The molecule has 0 saturated carbocycles. The Labute approximate surface area is 81.8 Å². The second-order valence-corrected chi connectivity index (χ2v) is 2.81. The average Bonchev–Trinajstić information content (AvgIpc) is 2.49. The van der Waals surface area contributed by atoms with Gasteiger partial charge in [-0.05, 0) is 26.0 Å². The summed E-state index contributed by atoms with van der Waals surface area (Å²) in [4.78, 5) is 10.6. The van der Waals surface area contributed by atoms with Crippen LogP contribution in [0.15, 0.2) is 16.5 Å². The van der Waals surface area contributed by atoms with Gasteiger partial charge in [0.1, 0.15) is 17.6 Å². The molecule has 1 heterocycles. The molecule has 1 aromatic heterocycles. The Morgan fingerprint density at radius 1 is 1.64 bits per heavy atom. The van der Waals surface area contributed by atoms with Gasteiger partial charge in [-0.3, -0.25) is 5.21 Å². The number of hydroxylamine groups is 2. The van der Waals surface area contributed by atoms with Gasteiger partial charge in [-0.15, -0.1) is 0 Å². The van der Waals surface area contributed by atoms with Gasteiger partial charge in [0, 0.05) is 0 Å². The zero-order chi connectivity index (χ0) is 10.0. The van der Waals surface area contributed by atoms with Crippen molar-refractivity contribution in [3.63, 3.8) is 0 Å². The summed E-state index contributed by atoms with van der Waals surface area (Å²) in [5, 5.41) is 9.59. The maximum atomic E-state index is 10.6. The van der Waals surface area contributed by atoms with E-state index in [9.17, 15) is 4.79 Å². The summed E-state index contributed by atoms with van der Waals surface area (Å²) in [5.41, 5.74) is 4.88. The molecule has 0 aliphatic carbocycles. The van der Waals surface area contributed by atoms with Gasteiger partial charge in [0.05, 0.1) is 0 Å². The molecule has 0 fully saturated rings. The summed E-state index contributed by atoms with van der Waals surface area (Å²) in [6, 6.07) is 1.97. The molecule has 6 heteroatoms. The molecule has 0 saturated heterocycles. The number of furan rings is 1. The molecule has 0 aliphatic rings. The fourth-order valence-electron chi connectivity index (χ4n) is 0.989. The third-order valence-electron chi connectivity index (χ3n) is 1.77. The normalized spacial score (nSPS) is 11.6. The monoisotopic (exact) mass is 201 g/mol. The second-order valence-electron chi connectivity index (χ2n) is 2.81. The first kappa shape index (κ1) is 12.5. The van der Waals surface area contributed by atoms with Gasteiger partial charge in [0.2, 0.25) is 0 Å². The third kappa shape index (κ3) is 2.48. The van der Waals surface area contributed by atoms with Gasteiger partial charge < -0.3 is 16.3 Å². The van der Waals surface area contributed by atoms with Gasteiger partial charge in [0.15, 0.2) is 0 Å². The van der Waals surface area contributed by atoms with Gasteiger partial charge in [-0.2, -0.15) is 5.06 Å². The average molecular weight is 201 g/mol. The molecule has 80 valence electrons. The number of urea groups is 1. The fraction of sp³-hybridized carbons (Fsp3) is 0.375. The molecule has 1 unspecified atom stereocenters. The number of amides is 2. The summed E-state index contributed by atoms with van der Waals surface area (Å²) < 4.78 is 5.21. The van der Waals surface area contributed by atoms with Crippen LogP contribution in [0.25, 0.3) is 0 Å². The van der Waals surface area contributed by atoms with E-state index in [1.807, 2.05) is 0 Å². The lowest BCUT2D eigenvalue weighted by Crippen LogP contribution is -2.34. The summed E-state index contributed by atoms with van der Waals surface area (Å²) in [7, 11) is 0. The van der Waals surface area contributed by atoms with Crippen molar-refractivity contribution in [1.29, 1.82) is 0 Å². The van der Waals surface area contributed by atoms with Crippen LogP contribution in [0.4, 0.5) is 4.79 Å². The third-order valence-corrected chi connectivity index (χ3v) is 1.77. The minimum atomic E-state index is -0.901. The van der Waals surface area contributed by atoms with Crippen molar-refractivity contribution >= 4 is 6.03 Å². The van der Waals surface area contributed by atoms with Crippen molar-refractivity contribution in [3.05, 3.63) is 23.7 Å². The summed E-state index contributed by atoms with van der Waals surface area (Å²) >= 11 is 0. The molecule has 0 bridgehead atoms. The molecule has 0 radical (unpaired) electrons. The Hall–Kier alpha value is -1.53. The van der Waals surface area contributed by atoms with E-state index in [1.54, 1.807) is 26.0 Å². The van der Waals surface area contributed by atoms with Crippen molar-refractivity contribution in [1.82, 2.24) is 11.2 Å². The highest BCUT2D eigenvalue weighted by molar-refractivity contribution is 5.70. The lowest BCUT2D eigenvalue weighted by molar-refractivity contribution is -0.0763. The number of rotatable bonds is 2. The molecule has 0 aromatic carbocycles. The van der Waals surface area contributed by atoms with Gasteiger partial charge in [-0.1, -0.05) is 0 Å². The number of primary amides is 1. The van der Waals surface area contributed by atoms with Crippen LogP contribution in [0.1, 0.15) is 24.5 Å². The Morgan fingerprint density at radius 3 is 2.57 bits per heavy atom. The summed E-state index contributed by atoms with van der Waals surface area (Å²) in [6.45, 7) is 3.39. The highest BCUT2D eigenvalue weighted by Crippen LogP contribution is 2.20. The molecule has 6 nitrogen and oxygen atoms in total. The Bertz CT molecular complexity index is 311. The molecule has 2 amide bonds. The van der Waals surface area contributed by atoms with E-state index in [2.05, 4.69) is 0 Å². The number of nitrogens with zero attached hydrogens (tertiary/aromatic N) is 1. The first-order chi connectivity index (χ1) is 6.02. The highest BCUT2D eigenvalue weighted by Gasteiger charge is 2.19. The van der Waals surface area contributed by atoms with E-state index in [4.69, 9.17) is 15.4 Å². The zero-order valence-corrected chi connectivity index (χ0v) is 8.23. The molecule has 1 rings (SSSR count). The largest absolute Gasteiger partial charge is 0.464 e. The Kier molecular flexibility index (Phi) is 4.13. The van der Waals surface area contributed by atoms with Gasteiger partial charge >= 0.3 is 6.03 Å². The zero-order valence-electron chi connectivity index (χ0n) is 8.23. The highest BCUT2D eigenvalue weighted by atomic mass is 16.5. The minimum absolute atomic E-state index is 0. The molecular weight excluding hydrogens is 186 g/mol. The SMILES string of the molecule is Cc1ccc(C(C)N(O)C(N)=O)o1.N. The van der Waals surface area contributed by atoms with E-state index in [0.717, 1.165) is 5.76 Å². The minimum Gasteiger partial charge on any atom is -0.464 e. The molecule has 14 heavy (non-hydrogen) atoms. The van der Waals surface area contributed by atoms with E-state index in [1.165, 1.54) is 0 Å². The molecule has 1 aromatic rings. The van der Waals surface area contributed by atoms with Crippen molar-refractivity contribution in [2.24, 2.45) is 5.73 Å². The maximum absolute atomic E-state index is 10.6. The van der Waals surface area contributed by atoms with Crippen LogP contribution in [0.5, 0.6) is 0 Å². The van der Waals surface area contributed by atoms with E-state index < -0.39 is 12.1 Å². The number of carbonyl (C=O) groups is 1. The van der Waals surface area contributed by atoms with Crippen LogP contribution in [-0.2, 0) is 0 Å². The van der Waals surface area contributed by atoms with Crippen LogP contribution >= 0.6 is 0 Å². The predicted octanol–water partition coefficient (Wildman–Crippen LogP) is 1.58. The summed E-state index contributed by atoms with van der Waals surface area (Å²) in [6.07, 6.45) is 0. The number of nitrogens with two attached hydrogens (primary N) is 1. The van der Waals surface area contributed by atoms with Crippen molar-refractivity contribution in [3.8, 4) is 0 Å². The van der Waals surface area contributed by atoms with Gasteiger partial charge in [0.25, 0.3) is 0 Å². The molecule has 1 atom stereocenters. The predicted molar refractivity (Wildman–Crippen MR) is 50.1 cm³/mol. The Morgan fingerprint density at radius 2 is 2.21 bits per heavy atom. The van der Waals surface area contributed by atoms with Crippen LogP contribution in [-0.4, -0.2) is 16.3 Å². The molecule has 0 spiro atoms. The van der Waals surface area contributed by atoms with E-state index >= 15 is 0 Å². The lowest BCUT2D eigenvalue weighted by Gasteiger charge is -2.17. The summed E-state index contributed by atoms with van der Waals surface area (Å²) in [5.74, 6) is 1.22. The quantitative estimate of drug-likeness (QED) is 0.497. The van der Waals surface area contributed by atoms with Crippen molar-refractivity contribution < 1.29 is 14.4 Å². The van der Waals surface area contributed by atoms with Crippen LogP contribution in [0, 0.1) is 6.92 Å².